The minimum absolute atomic E-state index is 0.1000. The van der Waals surface area contributed by atoms with Gasteiger partial charge in [-0.3, -0.25) is 9.36 Å². The number of aromatic hydroxyl groups is 2. The summed E-state index contributed by atoms with van der Waals surface area (Å²) in [5.41, 5.74) is 1.45. The average Bonchev–Trinajstić information content (AvgIpc) is 3.46. The van der Waals surface area contributed by atoms with Gasteiger partial charge in [-0.25, -0.2) is 9.37 Å². The number of aromatic nitrogens is 2. The molecular formula is C25H19FN2O5S. The fourth-order valence-corrected chi connectivity index (χ4v) is 4.94. The zero-order valence-corrected chi connectivity index (χ0v) is 19.2. The molecule has 0 saturated carbocycles. The van der Waals surface area contributed by atoms with Crippen molar-refractivity contribution in [2.45, 2.75) is 13.8 Å². The van der Waals surface area contributed by atoms with Gasteiger partial charge in [0.2, 0.25) is 11.7 Å². The van der Waals surface area contributed by atoms with Crippen LogP contribution < -0.4 is 4.74 Å². The highest BCUT2D eigenvalue weighted by Crippen LogP contribution is 2.45. The van der Waals surface area contributed by atoms with Gasteiger partial charge < -0.3 is 19.4 Å². The van der Waals surface area contributed by atoms with Crippen molar-refractivity contribution in [3.8, 4) is 33.8 Å². The second kappa shape index (κ2) is 8.03. The van der Waals surface area contributed by atoms with Gasteiger partial charge in [-0.1, -0.05) is 11.3 Å². The predicted molar refractivity (Wildman–Crippen MR) is 126 cm³/mol. The predicted octanol–water partition coefficient (Wildman–Crippen LogP) is 5.75. The Bertz CT molecular complexity index is 1560. The van der Waals surface area contributed by atoms with E-state index in [0.717, 1.165) is 11.3 Å². The largest absolute Gasteiger partial charge is 0.503 e. The first-order valence-corrected chi connectivity index (χ1v) is 11.1. The Hall–Kier alpha value is -4.11. The van der Waals surface area contributed by atoms with E-state index < -0.39 is 23.2 Å². The van der Waals surface area contributed by atoms with E-state index in [2.05, 4.69) is 4.98 Å². The molecule has 0 aliphatic heterocycles. The second-order valence-electron chi connectivity index (χ2n) is 7.72. The smallest absolute Gasteiger partial charge is 0.242 e. The molecule has 2 N–H and O–H groups in total. The number of hydrogen-bond acceptors (Lipinski definition) is 7. The number of aryl methyl sites for hydroxylation is 2. The Morgan fingerprint density at radius 3 is 2.50 bits per heavy atom. The normalized spacial score (nSPS) is 11.3. The van der Waals surface area contributed by atoms with E-state index in [9.17, 15) is 19.4 Å². The highest BCUT2D eigenvalue weighted by molar-refractivity contribution is 7.20. The molecule has 172 valence electrons. The molecule has 0 amide bonds. The zero-order chi connectivity index (χ0) is 24.1. The van der Waals surface area contributed by atoms with Crippen molar-refractivity contribution >= 4 is 27.3 Å². The van der Waals surface area contributed by atoms with E-state index in [0.29, 0.717) is 33.1 Å². The molecule has 0 spiro atoms. The minimum atomic E-state index is -0.584. The number of furan rings is 1. The Morgan fingerprint density at radius 1 is 1.12 bits per heavy atom. The standard InChI is InChI=1S/C25H19FN2O5S/c1-12-10-17(13(2)33-12)22(29)20-21(14-4-7-16(32-3)8-5-14)28(24(31)23(20)30)25-27-18-9-6-15(26)11-19(18)34-25/h4-11,30-31H,1-3H3. The molecule has 2 aromatic carbocycles. The number of nitrogens with zero attached hydrogens (tertiary/aromatic N) is 2. The van der Waals surface area contributed by atoms with Crippen molar-refractivity contribution < 1.29 is 28.6 Å². The molecule has 0 radical (unpaired) electrons. The fourth-order valence-electron chi connectivity index (χ4n) is 3.94. The van der Waals surface area contributed by atoms with E-state index in [1.54, 1.807) is 44.2 Å². The van der Waals surface area contributed by atoms with Gasteiger partial charge in [0.15, 0.2) is 10.9 Å². The highest BCUT2D eigenvalue weighted by atomic mass is 32.1. The van der Waals surface area contributed by atoms with Crippen LogP contribution in [0.1, 0.15) is 27.4 Å². The number of ether oxygens (including phenoxy) is 1. The summed E-state index contributed by atoms with van der Waals surface area (Å²) >= 11 is 1.12. The molecule has 5 rings (SSSR count). The molecule has 3 aromatic heterocycles. The van der Waals surface area contributed by atoms with Gasteiger partial charge in [-0.05, 0) is 67.9 Å². The third kappa shape index (κ3) is 3.41. The van der Waals surface area contributed by atoms with Crippen molar-refractivity contribution in [3.63, 3.8) is 0 Å². The number of methoxy groups -OCH3 is 1. The van der Waals surface area contributed by atoms with E-state index in [4.69, 9.17) is 9.15 Å². The first-order chi connectivity index (χ1) is 16.3. The molecule has 0 bridgehead atoms. The first-order valence-electron chi connectivity index (χ1n) is 10.3. The number of thiazole rings is 1. The van der Waals surface area contributed by atoms with Gasteiger partial charge in [0.25, 0.3) is 0 Å². The van der Waals surface area contributed by atoms with Crippen LogP contribution in [0.4, 0.5) is 4.39 Å². The number of benzene rings is 2. The van der Waals surface area contributed by atoms with E-state index in [1.165, 1.54) is 29.9 Å². The van der Waals surface area contributed by atoms with E-state index >= 15 is 0 Å². The summed E-state index contributed by atoms with van der Waals surface area (Å²) < 4.78 is 26.4. The molecule has 9 heteroatoms. The third-order valence-corrected chi connectivity index (χ3v) is 6.53. The molecule has 34 heavy (non-hydrogen) atoms. The second-order valence-corrected chi connectivity index (χ2v) is 8.73. The van der Waals surface area contributed by atoms with E-state index in [-0.39, 0.29) is 22.0 Å². The van der Waals surface area contributed by atoms with Crippen LogP contribution in [-0.4, -0.2) is 32.7 Å². The lowest BCUT2D eigenvalue weighted by molar-refractivity contribution is 0.103. The lowest BCUT2D eigenvalue weighted by Gasteiger charge is -2.10. The first kappa shape index (κ1) is 21.7. The van der Waals surface area contributed by atoms with Crippen LogP contribution in [0.2, 0.25) is 0 Å². The Labute approximate surface area is 197 Å². The molecule has 7 nitrogen and oxygen atoms in total. The number of carbonyl (C=O) groups is 1. The van der Waals surface area contributed by atoms with E-state index in [1.807, 2.05) is 0 Å². The van der Waals surface area contributed by atoms with Crippen LogP contribution in [0.5, 0.6) is 17.4 Å². The summed E-state index contributed by atoms with van der Waals surface area (Å²) in [7, 11) is 1.54. The van der Waals surface area contributed by atoms with Crippen LogP contribution in [-0.2, 0) is 0 Å². The van der Waals surface area contributed by atoms with Gasteiger partial charge in [0, 0.05) is 0 Å². The third-order valence-electron chi connectivity index (χ3n) is 5.53. The Balaban J connectivity index is 1.81. The maximum Gasteiger partial charge on any atom is 0.242 e. The summed E-state index contributed by atoms with van der Waals surface area (Å²) in [6.45, 7) is 3.38. The van der Waals surface area contributed by atoms with Gasteiger partial charge in [-0.2, -0.15) is 0 Å². The van der Waals surface area contributed by atoms with Crippen molar-refractivity contribution in [2.75, 3.05) is 7.11 Å². The van der Waals surface area contributed by atoms with Crippen LogP contribution >= 0.6 is 11.3 Å². The highest BCUT2D eigenvalue weighted by Gasteiger charge is 2.32. The monoisotopic (exact) mass is 478 g/mol. The SMILES string of the molecule is COc1ccc(-c2c(C(=O)c3cc(C)oc3C)c(O)c(O)n2-c2nc3ccc(F)cc3s2)cc1. The quantitative estimate of drug-likeness (QED) is 0.312. The van der Waals surface area contributed by atoms with Gasteiger partial charge in [0.05, 0.1) is 34.1 Å². The summed E-state index contributed by atoms with van der Waals surface area (Å²) in [4.78, 5) is 18.1. The molecule has 0 fully saturated rings. The fraction of sp³-hybridized carbons (Fsp3) is 0.120. The number of ketones is 1. The number of hydrogen-bond donors (Lipinski definition) is 2. The molecule has 0 saturated heterocycles. The van der Waals surface area contributed by atoms with Gasteiger partial charge in [-0.15, -0.1) is 0 Å². The summed E-state index contributed by atoms with van der Waals surface area (Å²) in [5.74, 6) is -0.530. The number of carbonyl (C=O) groups excluding carboxylic acids is 1. The topological polar surface area (TPSA) is 97.7 Å². The van der Waals surface area contributed by atoms with Crippen molar-refractivity contribution in [3.05, 3.63) is 77.0 Å². The van der Waals surface area contributed by atoms with Crippen molar-refractivity contribution in [1.82, 2.24) is 9.55 Å². The Morgan fingerprint density at radius 2 is 1.85 bits per heavy atom. The summed E-state index contributed by atoms with van der Waals surface area (Å²) in [5, 5.41) is 22.2. The molecule has 0 aliphatic carbocycles. The number of rotatable bonds is 5. The number of halogens is 1. The van der Waals surface area contributed by atoms with Crippen molar-refractivity contribution in [2.24, 2.45) is 0 Å². The van der Waals surface area contributed by atoms with Crippen LogP contribution in [0.25, 0.3) is 26.6 Å². The molecule has 5 aromatic rings. The lowest BCUT2D eigenvalue weighted by atomic mass is 9.99. The molecular weight excluding hydrogens is 459 g/mol. The number of fused-ring (bicyclic) bond motifs is 1. The minimum Gasteiger partial charge on any atom is -0.503 e. The summed E-state index contributed by atoms with van der Waals surface area (Å²) in [6, 6.07) is 12.6. The maximum absolute atomic E-state index is 13.8. The van der Waals surface area contributed by atoms with Crippen molar-refractivity contribution in [1.29, 1.82) is 0 Å². The molecule has 0 unspecified atom stereocenters. The molecule has 0 aliphatic rings. The molecule has 3 heterocycles. The molecule has 0 atom stereocenters. The lowest BCUT2D eigenvalue weighted by Crippen LogP contribution is -2.05. The Kier molecular flexibility index (Phi) is 5.13. The van der Waals surface area contributed by atoms with Crippen LogP contribution in [0, 0.1) is 19.7 Å². The van der Waals surface area contributed by atoms with Gasteiger partial charge >= 0.3 is 0 Å². The van der Waals surface area contributed by atoms with Crippen LogP contribution in [0.3, 0.4) is 0 Å². The van der Waals surface area contributed by atoms with Gasteiger partial charge in [0.1, 0.15) is 23.1 Å². The zero-order valence-electron chi connectivity index (χ0n) is 18.4. The maximum atomic E-state index is 13.8. The van der Waals surface area contributed by atoms with Crippen LogP contribution in [0.15, 0.2) is 52.9 Å². The average molecular weight is 479 g/mol. The summed E-state index contributed by atoms with van der Waals surface area (Å²) in [6.07, 6.45) is 0.